The Morgan fingerprint density at radius 1 is 1.31 bits per heavy atom. The molecule has 1 aromatic rings. The molecule has 4 rings (SSSR count). The van der Waals surface area contributed by atoms with Crippen LogP contribution in [0.25, 0.3) is 0 Å². The number of halogens is 1. The molecule has 8 nitrogen and oxygen atoms in total. The molecule has 0 unspecified atom stereocenters. The van der Waals surface area contributed by atoms with E-state index in [1.54, 1.807) is 4.72 Å². The number of phenols is 1. The summed E-state index contributed by atoms with van der Waals surface area (Å²) in [5.74, 6) is -1.34. The van der Waals surface area contributed by atoms with Crippen LogP contribution in [0.2, 0.25) is 0 Å². The highest BCUT2D eigenvalue weighted by atomic mass is 32.2. The average molecular weight is 427 g/mol. The van der Waals surface area contributed by atoms with E-state index in [9.17, 15) is 18.3 Å². The number of hydrogen-bond donors (Lipinski definition) is 3. The number of aromatic hydroxyl groups is 1. The minimum atomic E-state index is -4.19. The molecule has 2 saturated heterocycles. The summed E-state index contributed by atoms with van der Waals surface area (Å²) in [4.78, 5) is 11.5. The zero-order valence-electron chi connectivity index (χ0n) is 16.1. The molecule has 0 radical (unpaired) electrons. The van der Waals surface area contributed by atoms with Gasteiger partial charge in [0.1, 0.15) is 18.0 Å². The van der Waals surface area contributed by atoms with Crippen molar-refractivity contribution in [2.75, 3.05) is 30.6 Å². The first-order valence-corrected chi connectivity index (χ1v) is 11.5. The molecule has 2 aliphatic heterocycles. The minimum Gasteiger partial charge on any atom is -0.506 e. The predicted octanol–water partition coefficient (Wildman–Crippen LogP) is 0.976. The van der Waals surface area contributed by atoms with Crippen molar-refractivity contribution in [1.82, 2.24) is 10.0 Å². The largest absolute Gasteiger partial charge is 0.506 e. The Hall–Kier alpha value is -1.91. The maximum atomic E-state index is 15.3. The SMILES string of the molecule is O=C1CN(c2c(O)cc3c(c2F)C[C@H](NCCC2CCOCC2)CC3)S(=O)(=O)N1. The second-order valence-electron chi connectivity index (χ2n) is 7.97. The van der Waals surface area contributed by atoms with Crippen LogP contribution in [0.1, 0.15) is 36.8 Å². The second kappa shape index (κ2) is 8.08. The van der Waals surface area contributed by atoms with Gasteiger partial charge in [-0.05, 0) is 68.2 Å². The smallest absolute Gasteiger partial charge is 0.326 e. The molecule has 160 valence electrons. The lowest BCUT2D eigenvalue weighted by molar-refractivity contribution is -0.117. The van der Waals surface area contributed by atoms with E-state index in [0.717, 1.165) is 45.4 Å². The van der Waals surface area contributed by atoms with Gasteiger partial charge in [-0.25, -0.2) is 13.4 Å². The monoisotopic (exact) mass is 427 g/mol. The minimum absolute atomic E-state index is 0.0872. The van der Waals surface area contributed by atoms with Gasteiger partial charge < -0.3 is 15.2 Å². The van der Waals surface area contributed by atoms with Crippen molar-refractivity contribution in [3.63, 3.8) is 0 Å². The van der Waals surface area contributed by atoms with E-state index in [4.69, 9.17) is 4.74 Å². The number of carbonyl (C=O) groups is 1. The third kappa shape index (κ3) is 4.19. The molecule has 1 aromatic carbocycles. The van der Waals surface area contributed by atoms with Crippen LogP contribution in [0.4, 0.5) is 10.1 Å². The molecule has 1 aliphatic carbocycles. The number of nitrogens with zero attached hydrogens (tertiary/aromatic N) is 1. The fraction of sp³-hybridized carbons (Fsp3) is 0.632. The van der Waals surface area contributed by atoms with Gasteiger partial charge in [0.15, 0.2) is 5.82 Å². The molecule has 29 heavy (non-hydrogen) atoms. The lowest BCUT2D eigenvalue weighted by atomic mass is 9.86. The number of phenolic OH excluding ortho intramolecular Hbond substituents is 1. The molecule has 0 spiro atoms. The Labute approximate surface area is 169 Å². The van der Waals surface area contributed by atoms with Gasteiger partial charge in [-0.2, -0.15) is 8.42 Å². The zero-order valence-corrected chi connectivity index (χ0v) is 16.9. The van der Waals surface area contributed by atoms with E-state index in [-0.39, 0.29) is 6.04 Å². The number of carbonyl (C=O) groups excluding carboxylic acids is 1. The fourth-order valence-corrected chi connectivity index (χ4v) is 5.59. The molecule has 0 saturated carbocycles. The summed E-state index contributed by atoms with van der Waals surface area (Å²) in [6.45, 7) is 1.93. The molecule has 1 atom stereocenters. The second-order valence-corrected chi connectivity index (χ2v) is 9.57. The molecule has 1 amide bonds. The Morgan fingerprint density at radius 3 is 2.76 bits per heavy atom. The van der Waals surface area contributed by atoms with Crippen LogP contribution >= 0.6 is 0 Å². The van der Waals surface area contributed by atoms with Crippen molar-refractivity contribution in [2.45, 2.75) is 44.6 Å². The summed E-state index contributed by atoms with van der Waals surface area (Å²) in [6, 6.07) is 1.51. The van der Waals surface area contributed by atoms with Gasteiger partial charge in [0, 0.05) is 19.3 Å². The Kier molecular flexibility index (Phi) is 5.67. The predicted molar refractivity (Wildman–Crippen MR) is 104 cm³/mol. The van der Waals surface area contributed by atoms with Crippen LogP contribution in [0.3, 0.4) is 0 Å². The van der Waals surface area contributed by atoms with Crippen molar-refractivity contribution in [3.8, 4) is 5.75 Å². The van der Waals surface area contributed by atoms with E-state index < -0.39 is 39.9 Å². The Morgan fingerprint density at radius 2 is 2.07 bits per heavy atom. The number of ether oxygens (including phenoxy) is 1. The standard InChI is InChI=1S/C19H26FN3O5S/c20-18-15-10-14(21-6-3-12-4-7-28-8-5-12)2-1-13(15)9-16(24)19(18)23-11-17(25)22-29(23,26)27/h9,12,14,21,24H,1-8,10-11H2,(H,22,25)/t14-/m1/s1. The molecule has 0 aromatic heterocycles. The summed E-state index contributed by atoms with van der Waals surface area (Å²) in [6.07, 6.45) is 5.03. The summed E-state index contributed by atoms with van der Waals surface area (Å²) in [7, 11) is -4.19. The number of fused-ring (bicyclic) bond motifs is 1. The Bertz CT molecular complexity index is 902. The topological polar surface area (TPSA) is 108 Å². The molecule has 3 aliphatic rings. The normalized spacial score (nSPS) is 24.4. The van der Waals surface area contributed by atoms with Gasteiger partial charge in [0.05, 0.1) is 0 Å². The molecule has 2 fully saturated rings. The lowest BCUT2D eigenvalue weighted by Gasteiger charge is -2.29. The molecular weight excluding hydrogens is 401 g/mol. The van der Waals surface area contributed by atoms with Crippen molar-refractivity contribution < 1.29 is 27.4 Å². The number of anilines is 1. The van der Waals surface area contributed by atoms with Crippen LogP contribution in [0, 0.1) is 11.7 Å². The number of benzene rings is 1. The van der Waals surface area contributed by atoms with Gasteiger partial charge >= 0.3 is 10.2 Å². The molecule has 10 heteroatoms. The summed E-state index contributed by atoms with van der Waals surface area (Å²) in [5.41, 5.74) is 0.634. The van der Waals surface area contributed by atoms with Crippen molar-refractivity contribution >= 4 is 21.8 Å². The van der Waals surface area contributed by atoms with Gasteiger partial charge in [-0.15, -0.1) is 0 Å². The molecule has 2 heterocycles. The average Bonchev–Trinajstić information content (AvgIpc) is 2.95. The number of amides is 1. The third-order valence-electron chi connectivity index (χ3n) is 6.02. The van der Waals surface area contributed by atoms with Crippen molar-refractivity contribution in [3.05, 3.63) is 23.0 Å². The van der Waals surface area contributed by atoms with Crippen LogP contribution in [0.5, 0.6) is 5.75 Å². The van der Waals surface area contributed by atoms with Crippen molar-refractivity contribution in [2.24, 2.45) is 5.92 Å². The fourth-order valence-electron chi connectivity index (χ4n) is 4.42. The third-order valence-corrected chi connectivity index (χ3v) is 7.40. The molecular formula is C19H26FN3O5S. The summed E-state index contributed by atoms with van der Waals surface area (Å²) < 4.78 is 47.3. The highest BCUT2D eigenvalue weighted by Gasteiger charge is 2.39. The highest BCUT2D eigenvalue weighted by molar-refractivity contribution is 7.92. The van der Waals surface area contributed by atoms with E-state index in [1.807, 2.05) is 0 Å². The van der Waals surface area contributed by atoms with Gasteiger partial charge in [0.2, 0.25) is 0 Å². The quantitative estimate of drug-likeness (QED) is 0.647. The van der Waals surface area contributed by atoms with E-state index >= 15 is 4.39 Å². The summed E-state index contributed by atoms with van der Waals surface area (Å²) >= 11 is 0. The number of aryl methyl sites for hydroxylation is 1. The van der Waals surface area contributed by atoms with E-state index in [2.05, 4.69) is 5.32 Å². The summed E-state index contributed by atoms with van der Waals surface area (Å²) in [5, 5.41) is 13.8. The van der Waals surface area contributed by atoms with Crippen LogP contribution < -0.4 is 14.3 Å². The maximum Gasteiger partial charge on any atom is 0.326 e. The first kappa shape index (κ1) is 20.4. The van der Waals surface area contributed by atoms with E-state index in [0.29, 0.717) is 34.2 Å². The first-order valence-electron chi connectivity index (χ1n) is 10.0. The van der Waals surface area contributed by atoms with Crippen LogP contribution in [-0.2, 0) is 32.6 Å². The molecule has 0 bridgehead atoms. The van der Waals surface area contributed by atoms with E-state index in [1.165, 1.54) is 6.07 Å². The zero-order chi connectivity index (χ0) is 20.6. The van der Waals surface area contributed by atoms with Crippen LogP contribution in [0.15, 0.2) is 6.07 Å². The van der Waals surface area contributed by atoms with Crippen molar-refractivity contribution in [1.29, 1.82) is 0 Å². The maximum absolute atomic E-state index is 15.3. The number of nitrogens with one attached hydrogen (secondary N) is 2. The van der Waals surface area contributed by atoms with Gasteiger partial charge in [-0.3, -0.25) is 4.79 Å². The van der Waals surface area contributed by atoms with Crippen LogP contribution in [-0.4, -0.2) is 51.8 Å². The Balaban J connectivity index is 1.48. The van der Waals surface area contributed by atoms with Gasteiger partial charge in [0.25, 0.3) is 5.91 Å². The van der Waals surface area contributed by atoms with Gasteiger partial charge in [-0.1, -0.05) is 0 Å². The first-order chi connectivity index (χ1) is 13.8. The molecule has 3 N–H and O–H groups in total. The number of rotatable bonds is 5. The highest BCUT2D eigenvalue weighted by Crippen LogP contribution is 2.39. The number of hydrogen-bond acceptors (Lipinski definition) is 6. The lowest BCUT2D eigenvalue weighted by Crippen LogP contribution is -2.37.